The molecule has 0 unspecified atom stereocenters. The molecule has 5 aliphatic rings. The number of hydrogen-bond acceptors (Lipinski definition) is 9. The van der Waals surface area contributed by atoms with E-state index in [9.17, 15) is 4.39 Å². The standard InChI is InChI=1S/C32H39FN8O/c1-20(2)28(22-12-32(13-22)7-9-37-32)41-16-31(17-41)8-10-40(15-31)29-30(39-38-19-36-29)42-26-6-5-23(33)11-24(26)25-14-34-18-35-27(25)21-3-4-21/h5-6,11,14,18-22,28,37H,3-4,7-10,12-13,15-17H2,1-2H3/t22?,28-,32?/m1/s1. The van der Waals surface area contributed by atoms with Gasteiger partial charge in [0, 0.05) is 66.4 Å². The molecule has 2 aliphatic carbocycles. The smallest absolute Gasteiger partial charge is 0.282 e. The topological polar surface area (TPSA) is 92.2 Å². The first kappa shape index (κ1) is 26.4. The minimum atomic E-state index is -0.336. The van der Waals surface area contributed by atoms with Crippen LogP contribution in [0.2, 0.25) is 0 Å². The first-order chi connectivity index (χ1) is 20.4. The molecular weight excluding hydrogens is 531 g/mol. The Hall–Kier alpha value is -3.24. The summed E-state index contributed by atoms with van der Waals surface area (Å²) in [6, 6.07) is 5.22. The van der Waals surface area contributed by atoms with Crippen molar-refractivity contribution in [3.8, 4) is 22.8 Å². The molecule has 5 fully saturated rings. The fourth-order valence-electron chi connectivity index (χ4n) is 8.35. The fourth-order valence-corrected chi connectivity index (χ4v) is 8.35. The zero-order valence-corrected chi connectivity index (χ0v) is 24.5. The molecule has 3 saturated heterocycles. The van der Waals surface area contributed by atoms with E-state index in [1.54, 1.807) is 18.6 Å². The third kappa shape index (κ3) is 4.54. The summed E-state index contributed by atoms with van der Waals surface area (Å²) < 4.78 is 20.9. The molecule has 2 aromatic heterocycles. The molecule has 2 spiro atoms. The van der Waals surface area contributed by atoms with E-state index in [1.807, 2.05) is 0 Å². The van der Waals surface area contributed by atoms with Gasteiger partial charge in [-0.1, -0.05) is 13.8 Å². The monoisotopic (exact) mass is 570 g/mol. The number of ether oxygens (including phenoxy) is 1. The maximum atomic E-state index is 14.5. The molecule has 220 valence electrons. The van der Waals surface area contributed by atoms with Crippen LogP contribution in [0.5, 0.6) is 11.6 Å². The van der Waals surface area contributed by atoms with Gasteiger partial charge >= 0.3 is 0 Å². The Labute approximate surface area is 246 Å². The molecule has 1 N–H and O–H groups in total. The van der Waals surface area contributed by atoms with Crippen LogP contribution < -0.4 is 15.0 Å². The van der Waals surface area contributed by atoms with Crippen molar-refractivity contribution in [1.29, 1.82) is 0 Å². The quantitative estimate of drug-likeness (QED) is 0.409. The van der Waals surface area contributed by atoms with Gasteiger partial charge in [-0.05, 0) is 75.1 Å². The van der Waals surface area contributed by atoms with Gasteiger partial charge in [0.2, 0.25) is 0 Å². The third-order valence-electron chi connectivity index (χ3n) is 10.5. The van der Waals surface area contributed by atoms with Crippen LogP contribution in [0.15, 0.2) is 37.1 Å². The average molecular weight is 571 g/mol. The van der Waals surface area contributed by atoms with Crippen molar-refractivity contribution in [2.24, 2.45) is 17.3 Å². The van der Waals surface area contributed by atoms with Crippen LogP contribution in [0.4, 0.5) is 10.2 Å². The predicted molar refractivity (Wildman–Crippen MR) is 157 cm³/mol. The Morgan fingerprint density at radius 3 is 2.62 bits per heavy atom. The highest BCUT2D eigenvalue weighted by atomic mass is 19.1. The number of nitrogens with one attached hydrogen (secondary N) is 1. The summed E-state index contributed by atoms with van der Waals surface area (Å²) in [5, 5.41) is 12.1. The lowest BCUT2D eigenvalue weighted by molar-refractivity contribution is -0.0936. The molecule has 5 heterocycles. The number of nitrogens with zero attached hydrogens (tertiary/aromatic N) is 7. The van der Waals surface area contributed by atoms with Crippen molar-refractivity contribution in [3.63, 3.8) is 0 Å². The summed E-state index contributed by atoms with van der Waals surface area (Å²) in [5.41, 5.74) is 3.10. The van der Waals surface area contributed by atoms with Crippen molar-refractivity contribution in [2.75, 3.05) is 37.6 Å². The van der Waals surface area contributed by atoms with Crippen LogP contribution in [-0.2, 0) is 0 Å². The highest BCUT2D eigenvalue weighted by Gasteiger charge is 2.56. The first-order valence-electron chi connectivity index (χ1n) is 15.6. The van der Waals surface area contributed by atoms with Gasteiger partial charge in [0.25, 0.3) is 5.88 Å². The Kier molecular flexibility index (Phi) is 6.23. The van der Waals surface area contributed by atoms with E-state index in [0.29, 0.717) is 46.4 Å². The van der Waals surface area contributed by atoms with Crippen molar-refractivity contribution in [3.05, 3.63) is 48.6 Å². The van der Waals surface area contributed by atoms with Crippen LogP contribution in [0.3, 0.4) is 0 Å². The largest absolute Gasteiger partial charge is 0.434 e. The Bertz CT molecular complexity index is 1480. The lowest BCUT2D eigenvalue weighted by Crippen LogP contribution is -2.70. The highest BCUT2D eigenvalue weighted by Crippen LogP contribution is 2.52. The summed E-state index contributed by atoms with van der Waals surface area (Å²) in [4.78, 5) is 18.4. The number of hydrogen-bond donors (Lipinski definition) is 1. The maximum Gasteiger partial charge on any atom is 0.282 e. The molecule has 1 atom stereocenters. The molecule has 10 heteroatoms. The Balaban J connectivity index is 0.994. The van der Waals surface area contributed by atoms with E-state index >= 15 is 0 Å². The van der Waals surface area contributed by atoms with E-state index < -0.39 is 0 Å². The van der Waals surface area contributed by atoms with Gasteiger partial charge in [-0.15, -0.1) is 10.2 Å². The van der Waals surface area contributed by atoms with Crippen molar-refractivity contribution < 1.29 is 9.13 Å². The van der Waals surface area contributed by atoms with Gasteiger partial charge < -0.3 is 15.0 Å². The fraction of sp³-hybridized carbons (Fsp3) is 0.594. The molecule has 8 rings (SSSR count). The van der Waals surface area contributed by atoms with Gasteiger partial charge in [0.15, 0.2) is 5.82 Å². The third-order valence-corrected chi connectivity index (χ3v) is 10.5. The lowest BCUT2D eigenvalue weighted by atomic mass is 9.58. The molecule has 3 aromatic rings. The molecule has 0 amide bonds. The van der Waals surface area contributed by atoms with Gasteiger partial charge in [0.05, 0.1) is 5.69 Å². The van der Waals surface area contributed by atoms with Crippen molar-refractivity contribution in [1.82, 2.24) is 35.4 Å². The summed E-state index contributed by atoms with van der Waals surface area (Å²) in [5.74, 6) is 3.05. The maximum absolute atomic E-state index is 14.5. The van der Waals surface area contributed by atoms with E-state index in [2.05, 4.69) is 54.1 Å². The zero-order valence-electron chi connectivity index (χ0n) is 24.5. The summed E-state index contributed by atoms with van der Waals surface area (Å²) in [6.07, 6.45) is 12.1. The van der Waals surface area contributed by atoms with Crippen LogP contribution in [0.25, 0.3) is 11.1 Å². The molecule has 3 aliphatic heterocycles. The Morgan fingerprint density at radius 2 is 1.88 bits per heavy atom. The normalized spacial score (nSPS) is 27.1. The molecule has 42 heavy (non-hydrogen) atoms. The van der Waals surface area contributed by atoms with Crippen LogP contribution in [0.1, 0.15) is 64.0 Å². The minimum Gasteiger partial charge on any atom is -0.434 e. The van der Waals surface area contributed by atoms with Crippen LogP contribution >= 0.6 is 0 Å². The highest BCUT2D eigenvalue weighted by molar-refractivity contribution is 5.73. The molecule has 0 radical (unpaired) electrons. The number of aromatic nitrogens is 5. The van der Waals surface area contributed by atoms with Crippen LogP contribution in [0, 0.1) is 23.1 Å². The number of rotatable bonds is 8. The van der Waals surface area contributed by atoms with E-state index in [0.717, 1.165) is 62.6 Å². The Morgan fingerprint density at radius 1 is 1.05 bits per heavy atom. The van der Waals surface area contributed by atoms with E-state index in [4.69, 9.17) is 4.74 Å². The van der Waals surface area contributed by atoms with Crippen LogP contribution in [-0.4, -0.2) is 74.4 Å². The van der Waals surface area contributed by atoms with Gasteiger partial charge in [-0.25, -0.2) is 19.3 Å². The summed E-state index contributed by atoms with van der Waals surface area (Å²) >= 11 is 0. The average Bonchev–Trinajstić information content (AvgIpc) is 3.68. The first-order valence-corrected chi connectivity index (χ1v) is 15.6. The van der Waals surface area contributed by atoms with E-state index in [-0.39, 0.29) is 11.2 Å². The van der Waals surface area contributed by atoms with Crippen molar-refractivity contribution >= 4 is 5.82 Å². The van der Waals surface area contributed by atoms with Crippen molar-refractivity contribution in [2.45, 2.75) is 69.9 Å². The number of anilines is 1. The number of halogens is 1. The molecular formula is C32H39FN8O. The second kappa shape index (κ2) is 9.91. The molecule has 2 saturated carbocycles. The minimum absolute atomic E-state index is 0.271. The van der Waals surface area contributed by atoms with Gasteiger partial charge in [0.1, 0.15) is 24.2 Å². The van der Waals surface area contributed by atoms with Gasteiger partial charge in [-0.2, -0.15) is 0 Å². The predicted octanol–water partition coefficient (Wildman–Crippen LogP) is 4.82. The number of benzene rings is 1. The number of likely N-dealkylation sites (tertiary alicyclic amines) is 1. The SMILES string of the molecule is CC(C)[C@H](C1CC2(CCN2)C1)N1CC2(CCN(c3ncnnc3Oc3ccc(F)cc3-c3cncnc3C3CC3)C2)C1. The molecule has 1 aromatic carbocycles. The zero-order chi connectivity index (χ0) is 28.5. The van der Waals surface area contributed by atoms with Gasteiger partial charge in [-0.3, -0.25) is 4.90 Å². The lowest BCUT2D eigenvalue weighted by Gasteiger charge is -2.62. The second-order valence-electron chi connectivity index (χ2n) is 13.9. The summed E-state index contributed by atoms with van der Waals surface area (Å²) in [6.45, 7) is 10.1. The second-order valence-corrected chi connectivity index (χ2v) is 13.9. The molecule has 9 nitrogen and oxygen atoms in total. The van der Waals surface area contributed by atoms with E-state index in [1.165, 1.54) is 44.3 Å². The molecule has 0 bridgehead atoms. The summed E-state index contributed by atoms with van der Waals surface area (Å²) in [7, 11) is 0.